The number of likely N-dealkylation sites (N-methyl/N-ethyl adjacent to an activating group) is 1. The van der Waals surface area contributed by atoms with Crippen molar-refractivity contribution in [2.75, 3.05) is 103 Å². The maximum absolute atomic E-state index is 15.7. The van der Waals surface area contributed by atoms with Crippen LogP contribution < -0.4 is 26.2 Å². The van der Waals surface area contributed by atoms with Crippen LogP contribution in [0.1, 0.15) is 151 Å². The quantitative estimate of drug-likeness (QED) is 0.0787. The molecule has 4 aromatic rings. The molecule has 0 saturated carbocycles. The second kappa shape index (κ2) is 42.6. The highest BCUT2D eigenvalue weighted by atomic mass is 32.2. The fraction of sp³-hybridized carbons (Fsp3) is 0.563. The second-order valence-electron chi connectivity index (χ2n) is 32.8. The van der Waals surface area contributed by atoms with Crippen molar-refractivity contribution >= 4 is 98.0 Å². The van der Waals surface area contributed by atoms with Crippen molar-refractivity contribution in [3.8, 4) is 5.75 Å². The first kappa shape index (κ1) is 93.1. The summed E-state index contributed by atoms with van der Waals surface area (Å²) in [5.74, 6) is -9.05. The predicted octanol–water partition coefficient (Wildman–Crippen LogP) is 4.59. The largest absolute Gasteiger partial charge is 0.505 e. The number of cyclic esters (lactones) is 2. The lowest BCUT2D eigenvalue weighted by Crippen LogP contribution is -2.63. The summed E-state index contributed by atoms with van der Waals surface area (Å²) in [6.45, 7) is 19.0. The number of sulfone groups is 1. The molecule has 7 fully saturated rings. The van der Waals surface area contributed by atoms with Crippen LogP contribution in [-0.4, -0.2) is 292 Å². The second-order valence-corrected chi connectivity index (χ2v) is 36.4. The Labute approximate surface area is 711 Å². The zero-order chi connectivity index (χ0) is 87.7. The van der Waals surface area contributed by atoms with Crippen LogP contribution in [0.25, 0.3) is 0 Å². The lowest BCUT2D eigenvalue weighted by molar-refractivity contribution is -0.158. The molecule has 0 spiro atoms. The number of fused-ring (bicyclic) bond motifs is 8. The fourth-order valence-corrected chi connectivity index (χ4v) is 20.3. The average molecular weight is 1710 g/mol. The number of Topliss-reactive ketones (excluding diaryl/α,β-unsaturated/α-hetero) is 2. The zero-order valence-corrected chi connectivity index (χ0v) is 72.5. The number of anilines is 1. The number of allylic oxidation sites excluding steroid dienone is 2. The van der Waals surface area contributed by atoms with Gasteiger partial charge in [-0.2, -0.15) is 11.8 Å². The molecular formula is C87H117N13O19S2. The van der Waals surface area contributed by atoms with Crippen LogP contribution in [0.3, 0.4) is 0 Å². The number of oxazole rings is 1. The Morgan fingerprint density at radius 3 is 2.17 bits per heavy atom. The summed E-state index contributed by atoms with van der Waals surface area (Å²) in [7, 11) is 1.46. The summed E-state index contributed by atoms with van der Waals surface area (Å²) in [4.78, 5) is 190. The Kier molecular flexibility index (Phi) is 32.8. The fourth-order valence-electron chi connectivity index (χ4n) is 16.8. The molecule has 0 aliphatic carbocycles. The van der Waals surface area contributed by atoms with Gasteiger partial charge in [-0.25, -0.2) is 28.0 Å². The van der Waals surface area contributed by atoms with E-state index in [4.69, 9.17) is 13.9 Å². The van der Waals surface area contributed by atoms with Crippen molar-refractivity contribution in [1.29, 1.82) is 0 Å². The molecule has 14 unspecified atom stereocenters. The van der Waals surface area contributed by atoms with Crippen LogP contribution in [0.15, 0.2) is 120 Å². The summed E-state index contributed by atoms with van der Waals surface area (Å²) < 4.78 is 44.9. The number of aromatic nitrogens is 2. The standard InChI is InChI=1S/C53H67N9O10S.C34H50N4O9S/c1-6-37-50(68)61-23-11-14-38(61)51(69)59(5)40(26-32-16-18-36(19-17-32)58(3)4)52(70)62-28-35(30-73-43-29-60-24-20-33(43)21-25-60)42(64)27-39(62)47(65)57-45(34-12-8-7-9-13-34)53(71)72-31(2)44(48(66)55-37)56-49(67)46-41(63)15-10-22-54-46;1-7-37(8-2)16-17-48(44,45)28-13-15-38-31(28)34(43)47-32(22(3)4)24(6)11-12-29(41)35-14-9-10-23(5)18-25(39)19-26(40)20-30-36-27(21-46-30)33(38)42/h7-10,12-13,15-19,22,31,33,35,37-40,43-45,63H,6,11,14,20-21,23-30H2,1-5H3,(H,55,66)(H,56,67)(H,57,65);9-12,18,21-22,24-25,28,31-32,39H,7-8,13-17,19-20H2,1-6H3,(H,35,41)/b;10-9-,12-11-,23-18-. The lowest BCUT2D eigenvalue weighted by atomic mass is 9.88. The topological polar surface area (TPSA) is 408 Å². The number of carbonyl (C=O) groups excluding carboxylic acids is 12. The molecule has 8 amide bonds. The molecule has 32 nitrogen and oxygen atoms in total. The molecule has 2 aromatic heterocycles. The van der Waals surface area contributed by atoms with Gasteiger partial charge in [0.2, 0.25) is 41.3 Å². The third-order valence-corrected chi connectivity index (χ3v) is 27.5. The minimum Gasteiger partial charge on any atom is -0.505 e. The number of pyridine rings is 1. The van der Waals surface area contributed by atoms with E-state index >= 15 is 14.4 Å². The predicted molar refractivity (Wildman–Crippen MR) is 452 cm³/mol. The monoisotopic (exact) mass is 1710 g/mol. The Bertz CT molecular complexity index is 4590. The molecule has 6 N–H and O–H groups in total. The Morgan fingerprint density at radius 1 is 0.785 bits per heavy atom. The van der Waals surface area contributed by atoms with Gasteiger partial charge in [-0.15, -0.1) is 0 Å². The van der Waals surface area contributed by atoms with Crippen molar-refractivity contribution in [1.82, 2.24) is 60.6 Å². The summed E-state index contributed by atoms with van der Waals surface area (Å²) in [6, 6.07) is 8.81. The number of carbonyl (C=O) groups is 12. The molecule has 7 saturated heterocycles. The van der Waals surface area contributed by atoms with Crippen molar-refractivity contribution < 1.29 is 90.1 Å². The van der Waals surface area contributed by atoms with E-state index in [1.165, 1.54) is 59.2 Å². The third kappa shape index (κ3) is 23.8. The molecule has 10 heterocycles. The highest BCUT2D eigenvalue weighted by Gasteiger charge is 2.52. The number of amides is 8. The molecule has 121 heavy (non-hydrogen) atoms. The first-order valence-electron chi connectivity index (χ1n) is 41.9. The number of esters is 2. The van der Waals surface area contributed by atoms with Crippen LogP contribution in [0.4, 0.5) is 5.69 Å². The summed E-state index contributed by atoms with van der Waals surface area (Å²) in [6.07, 6.45) is 9.09. The van der Waals surface area contributed by atoms with Gasteiger partial charge < -0.3 is 79.7 Å². The minimum absolute atomic E-state index is 0.0243. The number of rotatable bonds is 17. The smallest absolute Gasteiger partial charge is 0.333 e. The maximum Gasteiger partial charge on any atom is 0.333 e. The zero-order valence-electron chi connectivity index (χ0n) is 70.9. The SMILES string of the molecule is CCC1NC(=O)C(NC(=O)c2ncccc2O)C(C)OC(=O)C(c2ccccc2)NC(=O)C2CC(=O)C(CSC3CN4CCC3CC4)CN2C(=O)C(Cc2ccc(N(C)C)cc2)N(C)C(=O)C2CCCN2C1=O.CCN(CC)CCS(=O)(=O)C1CCN2C(=O)c3coc(n3)CC(=O)CC(O)/C=C(C)\C=C/CNC(=O)/C=C\C(C)C(C(C)C)OC(=O)C12. The van der Waals surface area contributed by atoms with Crippen molar-refractivity contribution in [3.05, 3.63) is 144 Å². The van der Waals surface area contributed by atoms with Gasteiger partial charge in [-0.1, -0.05) is 114 Å². The molecular weight excluding hydrogens is 1600 g/mol. The van der Waals surface area contributed by atoms with Crippen LogP contribution in [0.2, 0.25) is 0 Å². The van der Waals surface area contributed by atoms with E-state index in [2.05, 4.69) is 36.1 Å². The summed E-state index contributed by atoms with van der Waals surface area (Å²) >= 11 is 1.73. The highest BCUT2D eigenvalue weighted by Crippen LogP contribution is 2.38. The Hall–Kier alpha value is -10.2. The number of hydrogen-bond donors (Lipinski definition) is 6. The number of thioether (sulfide) groups is 1. The number of aliphatic hydroxyl groups excluding tert-OH is 1. The van der Waals surface area contributed by atoms with Gasteiger partial charge in [0.05, 0.1) is 23.5 Å². The number of hydrogen-bond acceptors (Lipinski definition) is 25. The third-order valence-electron chi connectivity index (χ3n) is 23.8. The number of ether oxygens (including phenoxy) is 2. The van der Waals surface area contributed by atoms with Crippen LogP contribution in [0, 0.1) is 23.7 Å². The van der Waals surface area contributed by atoms with Gasteiger partial charge in [-0.05, 0) is 132 Å². The van der Waals surface area contributed by atoms with E-state index in [-0.39, 0.29) is 124 Å². The van der Waals surface area contributed by atoms with E-state index in [0.29, 0.717) is 42.0 Å². The van der Waals surface area contributed by atoms with Crippen LogP contribution in [-0.2, 0) is 80.1 Å². The van der Waals surface area contributed by atoms with E-state index in [9.17, 15) is 61.8 Å². The van der Waals surface area contributed by atoms with Gasteiger partial charge >= 0.3 is 11.9 Å². The maximum atomic E-state index is 15.7. The van der Waals surface area contributed by atoms with Crippen molar-refractivity contribution in [2.24, 2.45) is 23.7 Å². The number of benzene rings is 2. The Morgan fingerprint density at radius 2 is 1.50 bits per heavy atom. The average Bonchev–Trinajstić information content (AvgIpc) is 1.34. The van der Waals surface area contributed by atoms with E-state index in [0.717, 1.165) is 54.9 Å². The summed E-state index contributed by atoms with van der Waals surface area (Å²) in [5, 5.41) is 30.8. The lowest BCUT2D eigenvalue weighted by Gasteiger charge is -2.45. The molecule has 34 heteroatoms. The molecule has 2 aromatic carbocycles. The van der Waals surface area contributed by atoms with E-state index < -0.39 is 152 Å². The molecule has 0 radical (unpaired) electrons. The van der Waals surface area contributed by atoms with Gasteiger partial charge in [0.15, 0.2) is 27.3 Å². The van der Waals surface area contributed by atoms with Gasteiger partial charge in [0.25, 0.3) is 11.8 Å². The number of piperidine rings is 4. The molecule has 14 atom stereocenters. The molecule has 8 aliphatic heterocycles. The molecule has 656 valence electrons. The van der Waals surface area contributed by atoms with Gasteiger partial charge in [0, 0.05) is 114 Å². The Balaban J connectivity index is 0.000000278. The number of aliphatic hydroxyl groups is 1. The van der Waals surface area contributed by atoms with Crippen molar-refractivity contribution in [2.45, 2.75) is 191 Å². The number of nitrogens with zero attached hydrogens (tertiary/aromatic N) is 9. The first-order valence-corrected chi connectivity index (χ1v) is 44.7. The van der Waals surface area contributed by atoms with Crippen LogP contribution in [0.5, 0.6) is 5.75 Å². The molecule has 8 aliphatic rings. The van der Waals surface area contributed by atoms with Gasteiger partial charge in [-0.3, -0.25) is 47.9 Å². The van der Waals surface area contributed by atoms with Crippen LogP contribution >= 0.6 is 11.8 Å². The number of aromatic hydroxyl groups is 1. The summed E-state index contributed by atoms with van der Waals surface area (Å²) in [5.41, 5.74) is 1.99. The van der Waals surface area contributed by atoms with Crippen molar-refractivity contribution in [3.63, 3.8) is 0 Å². The number of ketones is 2. The normalized spacial score (nSPS) is 28.9. The highest BCUT2D eigenvalue weighted by molar-refractivity contribution is 8.00. The van der Waals surface area contributed by atoms with E-state index in [1.54, 1.807) is 81.1 Å². The molecule has 12 rings (SSSR count). The first-order chi connectivity index (χ1) is 57.7. The number of nitrogens with one attached hydrogen (secondary N) is 4. The molecule has 4 bridgehead atoms. The van der Waals surface area contributed by atoms with E-state index in [1.807, 2.05) is 75.9 Å². The minimum atomic E-state index is -3.87. The van der Waals surface area contributed by atoms with Gasteiger partial charge in [0.1, 0.15) is 72.0 Å².